The number of ether oxygens (including phenoxy) is 1. The molecule has 7 nitrogen and oxygen atoms in total. The Kier molecular flexibility index (Phi) is 5.64. The van der Waals surface area contributed by atoms with Crippen molar-refractivity contribution >= 4 is 60.5 Å². The number of hydrogen-bond acceptors (Lipinski definition) is 7. The fraction of sp³-hybridized carbons (Fsp3) is 0.111. The molecular formula is C18H9BrClF3N2O5S2. The molecule has 1 aromatic carbocycles. The van der Waals surface area contributed by atoms with Gasteiger partial charge in [-0.2, -0.15) is 13.2 Å². The second kappa shape index (κ2) is 7.90. The molecule has 1 aliphatic heterocycles. The molecule has 3 heterocycles. The van der Waals surface area contributed by atoms with Crippen molar-refractivity contribution < 1.29 is 36.2 Å². The van der Waals surface area contributed by atoms with Gasteiger partial charge in [-0.25, -0.2) is 13.2 Å². The number of carbonyl (C=O) groups excluding carboxylic acids is 1. The quantitative estimate of drug-likeness (QED) is 0.350. The number of rotatable bonds is 0. The number of thiophene rings is 1. The van der Waals surface area contributed by atoms with Gasteiger partial charge in [0.05, 0.1) is 15.7 Å². The summed E-state index contributed by atoms with van der Waals surface area (Å²) in [5, 5.41) is 10.2. The van der Waals surface area contributed by atoms with Gasteiger partial charge in [0.15, 0.2) is 0 Å². The van der Waals surface area contributed by atoms with Crippen LogP contribution in [0.15, 0.2) is 39.8 Å². The average Bonchev–Trinajstić information content (AvgIpc) is 3.05. The Balaban J connectivity index is 1.95. The van der Waals surface area contributed by atoms with Crippen molar-refractivity contribution in [2.45, 2.75) is 17.7 Å². The van der Waals surface area contributed by atoms with Crippen LogP contribution < -0.4 is 4.72 Å². The molecule has 0 saturated heterocycles. The highest BCUT2D eigenvalue weighted by molar-refractivity contribution is 9.10. The van der Waals surface area contributed by atoms with Gasteiger partial charge in [-0.15, -0.1) is 11.3 Å². The number of aromatic nitrogens is 1. The molecule has 0 spiro atoms. The molecule has 0 fully saturated rings. The normalized spacial score (nSPS) is 15.5. The maximum absolute atomic E-state index is 13.2. The van der Waals surface area contributed by atoms with Gasteiger partial charge in [-0.1, -0.05) is 11.6 Å². The summed E-state index contributed by atoms with van der Waals surface area (Å²) in [5.74, 6) is -1.67. The van der Waals surface area contributed by atoms with Crippen molar-refractivity contribution in [2.24, 2.45) is 0 Å². The highest BCUT2D eigenvalue weighted by Gasteiger charge is 2.34. The number of phenols is 1. The number of hydrogen-bond donors (Lipinski definition) is 2. The minimum absolute atomic E-state index is 0.00168. The minimum atomic E-state index is -4.73. The molecule has 0 radical (unpaired) electrons. The van der Waals surface area contributed by atoms with Gasteiger partial charge in [0, 0.05) is 22.2 Å². The van der Waals surface area contributed by atoms with E-state index in [0.29, 0.717) is 0 Å². The zero-order chi connectivity index (χ0) is 23.4. The summed E-state index contributed by atoms with van der Waals surface area (Å²) in [6.45, 7) is -0.557. The summed E-state index contributed by atoms with van der Waals surface area (Å²) in [5.41, 5.74) is -1.33. The number of nitrogens with zero attached hydrogens (tertiary/aromatic N) is 1. The number of carbonyl (C=O) groups is 1. The van der Waals surface area contributed by atoms with E-state index in [-0.39, 0.29) is 36.1 Å². The number of anilines is 1. The average molecular weight is 570 g/mol. The number of aromatic hydroxyl groups is 1. The number of alkyl halides is 3. The van der Waals surface area contributed by atoms with Crippen molar-refractivity contribution in [3.05, 3.63) is 56.1 Å². The van der Waals surface area contributed by atoms with E-state index >= 15 is 0 Å². The molecule has 4 rings (SSSR count). The molecule has 0 atom stereocenters. The van der Waals surface area contributed by atoms with Crippen molar-refractivity contribution in [1.29, 1.82) is 0 Å². The van der Waals surface area contributed by atoms with E-state index < -0.39 is 45.1 Å². The molecule has 0 unspecified atom stereocenters. The van der Waals surface area contributed by atoms with Gasteiger partial charge in [0.1, 0.15) is 27.3 Å². The molecule has 1 aliphatic rings. The summed E-state index contributed by atoms with van der Waals surface area (Å²) in [6, 6.07) is 4.07. The van der Waals surface area contributed by atoms with Crippen LogP contribution >= 0.6 is 38.9 Å². The summed E-state index contributed by atoms with van der Waals surface area (Å²) < 4.78 is 72.5. The first kappa shape index (κ1) is 22.8. The number of benzene rings is 1. The van der Waals surface area contributed by atoms with Gasteiger partial charge >= 0.3 is 12.1 Å². The van der Waals surface area contributed by atoms with E-state index in [9.17, 15) is 31.5 Å². The Morgan fingerprint density at radius 3 is 2.66 bits per heavy atom. The van der Waals surface area contributed by atoms with Gasteiger partial charge < -0.3 is 9.84 Å². The van der Waals surface area contributed by atoms with Gasteiger partial charge in [-0.3, -0.25) is 9.71 Å². The van der Waals surface area contributed by atoms with Crippen molar-refractivity contribution in [3.63, 3.8) is 0 Å². The van der Waals surface area contributed by atoms with Crippen molar-refractivity contribution in [3.8, 4) is 16.2 Å². The van der Waals surface area contributed by atoms with E-state index in [1.165, 1.54) is 6.07 Å². The van der Waals surface area contributed by atoms with E-state index in [1.807, 2.05) is 0 Å². The first-order chi connectivity index (χ1) is 14.9. The van der Waals surface area contributed by atoms with Crippen LogP contribution in [0.1, 0.15) is 21.6 Å². The lowest BCUT2D eigenvalue weighted by Gasteiger charge is -2.13. The highest BCUT2D eigenvalue weighted by Crippen LogP contribution is 2.43. The van der Waals surface area contributed by atoms with E-state index in [4.69, 9.17) is 16.3 Å². The van der Waals surface area contributed by atoms with Crippen LogP contribution in [0, 0.1) is 0 Å². The van der Waals surface area contributed by atoms with Crippen LogP contribution in [-0.2, 0) is 27.5 Å². The second-order valence-corrected chi connectivity index (χ2v) is 10.7. The molecule has 0 amide bonds. The molecule has 2 aromatic heterocycles. The molecule has 4 bridgehead atoms. The van der Waals surface area contributed by atoms with Crippen LogP contribution in [0.25, 0.3) is 10.4 Å². The molecule has 3 aromatic rings. The second-order valence-electron chi connectivity index (χ2n) is 6.51. The maximum Gasteiger partial charge on any atom is 0.433 e. The van der Waals surface area contributed by atoms with Crippen LogP contribution in [0.3, 0.4) is 0 Å². The Bertz CT molecular complexity index is 1380. The molecule has 14 heteroatoms. The van der Waals surface area contributed by atoms with Gasteiger partial charge in [-0.05, 0) is 40.2 Å². The molecule has 168 valence electrons. The number of esters is 1. The fourth-order valence-electron chi connectivity index (χ4n) is 2.89. The number of phenolic OH excluding ortho intramolecular Hbond substituents is 1. The maximum atomic E-state index is 13.2. The monoisotopic (exact) mass is 568 g/mol. The number of nitrogens with one attached hydrogen (secondary N) is 1. The summed E-state index contributed by atoms with van der Waals surface area (Å²) in [4.78, 5) is 15.6. The molecular weight excluding hydrogens is 561 g/mol. The number of cyclic esters (lactones) is 1. The molecule has 0 saturated carbocycles. The Morgan fingerprint density at radius 1 is 1.25 bits per heavy atom. The van der Waals surface area contributed by atoms with E-state index in [0.717, 1.165) is 35.7 Å². The first-order valence-corrected chi connectivity index (χ1v) is 11.9. The van der Waals surface area contributed by atoms with Crippen molar-refractivity contribution in [1.82, 2.24) is 4.98 Å². The lowest BCUT2D eigenvalue weighted by atomic mass is 10.1. The highest BCUT2D eigenvalue weighted by atomic mass is 79.9. The third kappa shape index (κ3) is 4.17. The largest absolute Gasteiger partial charge is 0.505 e. The molecule has 2 N–H and O–H groups in total. The SMILES string of the molecule is O=C1OCc2cc(C(F)(F)F)ncc2-c2cc(c(Cl)s2)NS(=O)(=O)c2cc1cc(Br)c2O. The topological polar surface area (TPSA) is 106 Å². The zero-order valence-electron chi connectivity index (χ0n) is 15.3. The van der Waals surface area contributed by atoms with Crippen LogP contribution in [0.4, 0.5) is 18.9 Å². The Hall–Kier alpha value is -2.35. The third-order valence-corrected chi connectivity index (χ3v) is 7.76. The lowest BCUT2D eigenvalue weighted by Crippen LogP contribution is -2.15. The predicted octanol–water partition coefficient (Wildman–Crippen LogP) is 5.42. The van der Waals surface area contributed by atoms with Crippen LogP contribution in [0.2, 0.25) is 4.34 Å². The summed E-state index contributed by atoms with van der Waals surface area (Å²) in [6.07, 6.45) is -3.78. The van der Waals surface area contributed by atoms with E-state index in [2.05, 4.69) is 25.6 Å². The van der Waals surface area contributed by atoms with Gasteiger partial charge in [0.25, 0.3) is 10.0 Å². The Morgan fingerprint density at radius 2 is 1.97 bits per heavy atom. The number of halogens is 5. The Labute approximate surface area is 196 Å². The fourth-order valence-corrected chi connectivity index (χ4v) is 6.04. The number of fused-ring (bicyclic) bond motifs is 6. The van der Waals surface area contributed by atoms with Crippen molar-refractivity contribution in [2.75, 3.05) is 4.72 Å². The first-order valence-electron chi connectivity index (χ1n) is 8.45. The molecule has 0 aliphatic carbocycles. The minimum Gasteiger partial charge on any atom is -0.505 e. The van der Waals surface area contributed by atoms with E-state index in [1.54, 1.807) is 0 Å². The predicted molar refractivity (Wildman–Crippen MR) is 113 cm³/mol. The number of pyridine rings is 1. The van der Waals surface area contributed by atoms with Crippen LogP contribution in [-0.4, -0.2) is 24.5 Å². The third-order valence-electron chi connectivity index (χ3n) is 4.39. The smallest absolute Gasteiger partial charge is 0.433 e. The lowest BCUT2D eigenvalue weighted by molar-refractivity contribution is -0.141. The zero-order valence-corrected chi connectivity index (χ0v) is 19.3. The summed E-state index contributed by atoms with van der Waals surface area (Å²) >= 11 is 10.0. The summed E-state index contributed by atoms with van der Waals surface area (Å²) in [7, 11) is -4.41. The molecule has 32 heavy (non-hydrogen) atoms. The number of sulfonamides is 1. The van der Waals surface area contributed by atoms with Crippen LogP contribution in [0.5, 0.6) is 5.75 Å². The standard InChI is InChI=1S/C18H9BrClF3N2O5S2/c19-10-1-7-2-13(15(10)26)32(28,29)25-11-4-12(31-16(11)20)9-5-24-14(18(21,22)23)3-8(9)6-30-17(7)27/h1-5,25-26H,6H2. The van der Waals surface area contributed by atoms with Gasteiger partial charge in [0.2, 0.25) is 0 Å².